The maximum absolute atomic E-state index is 12.0. The summed E-state index contributed by atoms with van der Waals surface area (Å²) in [5.74, 6) is -0.0716. The van der Waals surface area contributed by atoms with E-state index >= 15 is 0 Å². The molecule has 5 nitrogen and oxygen atoms in total. The maximum atomic E-state index is 12.0. The molecule has 0 aromatic carbocycles. The van der Waals surface area contributed by atoms with Gasteiger partial charge in [0, 0.05) is 13.1 Å². The number of aliphatic carboxylic acids is 1. The number of rotatable bonds is 4. The number of likely N-dealkylation sites (tertiary alicyclic amines) is 1. The fraction of sp³-hybridized carbons (Fsp3) is 0.846. The summed E-state index contributed by atoms with van der Waals surface area (Å²) < 4.78 is 0. The van der Waals surface area contributed by atoms with E-state index in [2.05, 4.69) is 5.32 Å². The third-order valence-corrected chi connectivity index (χ3v) is 4.73. The highest BCUT2D eigenvalue weighted by Gasteiger charge is 2.53. The first kappa shape index (κ1) is 11.8. The molecule has 1 unspecified atom stereocenters. The van der Waals surface area contributed by atoms with Crippen molar-refractivity contribution in [2.24, 2.45) is 11.3 Å². The molecule has 2 aliphatic carbocycles. The molecule has 1 saturated heterocycles. The van der Waals surface area contributed by atoms with E-state index in [-0.39, 0.29) is 6.03 Å². The topological polar surface area (TPSA) is 69.6 Å². The number of nitrogens with zero attached hydrogens (tertiary/aromatic N) is 1. The molecule has 0 radical (unpaired) electrons. The van der Waals surface area contributed by atoms with E-state index in [4.69, 9.17) is 5.11 Å². The summed E-state index contributed by atoms with van der Waals surface area (Å²) >= 11 is 0. The number of hydrogen-bond donors (Lipinski definition) is 2. The van der Waals surface area contributed by atoms with Crippen LogP contribution in [0.15, 0.2) is 0 Å². The fourth-order valence-corrected chi connectivity index (χ4v) is 3.21. The monoisotopic (exact) mass is 252 g/mol. The summed E-state index contributed by atoms with van der Waals surface area (Å²) in [7, 11) is 0. The molecule has 2 N–H and O–H groups in total. The van der Waals surface area contributed by atoms with Gasteiger partial charge in [-0.15, -0.1) is 0 Å². The van der Waals surface area contributed by atoms with Crippen molar-refractivity contribution in [3.8, 4) is 0 Å². The van der Waals surface area contributed by atoms with Crippen LogP contribution in [0.4, 0.5) is 4.79 Å². The zero-order valence-electron chi connectivity index (χ0n) is 10.5. The Morgan fingerprint density at radius 1 is 1.28 bits per heavy atom. The summed E-state index contributed by atoms with van der Waals surface area (Å²) in [4.78, 5) is 24.5. The van der Waals surface area contributed by atoms with Crippen LogP contribution >= 0.6 is 0 Å². The molecule has 0 bridgehead atoms. The molecule has 0 spiro atoms. The Balaban J connectivity index is 1.53. The van der Waals surface area contributed by atoms with Crippen molar-refractivity contribution in [2.75, 3.05) is 13.1 Å². The Morgan fingerprint density at radius 2 is 2.00 bits per heavy atom. The lowest BCUT2D eigenvalue weighted by Crippen LogP contribution is -2.47. The van der Waals surface area contributed by atoms with Gasteiger partial charge >= 0.3 is 12.0 Å². The van der Waals surface area contributed by atoms with Crippen LogP contribution < -0.4 is 5.32 Å². The number of carbonyl (C=O) groups excluding carboxylic acids is 1. The summed E-state index contributed by atoms with van der Waals surface area (Å²) in [6.45, 7) is 1.30. The number of amides is 2. The quantitative estimate of drug-likeness (QED) is 0.795. The second-order valence-electron chi connectivity index (χ2n) is 5.99. The minimum absolute atomic E-state index is 0.188. The van der Waals surface area contributed by atoms with Crippen molar-refractivity contribution in [1.29, 1.82) is 0 Å². The minimum atomic E-state index is -0.883. The van der Waals surface area contributed by atoms with Gasteiger partial charge in [-0.3, -0.25) is 0 Å². The maximum Gasteiger partial charge on any atom is 0.326 e. The molecule has 1 atom stereocenters. The van der Waals surface area contributed by atoms with Crippen molar-refractivity contribution in [3.05, 3.63) is 0 Å². The lowest BCUT2D eigenvalue weighted by molar-refractivity contribution is -0.141. The van der Waals surface area contributed by atoms with Gasteiger partial charge in [0.1, 0.15) is 6.04 Å². The van der Waals surface area contributed by atoms with Gasteiger partial charge in [0.2, 0.25) is 0 Å². The van der Waals surface area contributed by atoms with E-state index in [1.54, 1.807) is 0 Å². The van der Waals surface area contributed by atoms with Crippen molar-refractivity contribution in [1.82, 2.24) is 10.2 Å². The van der Waals surface area contributed by atoms with E-state index in [9.17, 15) is 9.59 Å². The van der Waals surface area contributed by atoms with Crippen molar-refractivity contribution in [2.45, 2.75) is 44.6 Å². The number of carboxylic acid groups (broad SMARTS) is 1. The Hall–Kier alpha value is -1.26. The molecular weight excluding hydrogens is 232 g/mol. The van der Waals surface area contributed by atoms with Crippen LogP contribution in [-0.2, 0) is 4.79 Å². The van der Waals surface area contributed by atoms with Gasteiger partial charge in [0.05, 0.1) is 0 Å². The zero-order chi connectivity index (χ0) is 12.8. The lowest BCUT2D eigenvalue weighted by atomic mass is 10.0. The number of hydrogen-bond acceptors (Lipinski definition) is 2. The standard InChI is InChI=1S/C13H20N2O3/c16-11(17)10-2-1-7-15(10)12(18)14-8-13(5-6-13)9-3-4-9/h9-10H,1-8H2,(H,14,18)(H,16,17). The van der Waals surface area contributed by atoms with Gasteiger partial charge in [-0.25, -0.2) is 9.59 Å². The molecule has 0 aromatic rings. The number of nitrogens with one attached hydrogen (secondary N) is 1. The Bertz CT molecular complexity index is 374. The predicted molar refractivity (Wildman–Crippen MR) is 65.2 cm³/mol. The number of carboxylic acids is 1. The Morgan fingerprint density at radius 3 is 2.56 bits per heavy atom. The molecule has 3 fully saturated rings. The third-order valence-electron chi connectivity index (χ3n) is 4.73. The van der Waals surface area contributed by atoms with E-state index in [1.807, 2.05) is 0 Å². The minimum Gasteiger partial charge on any atom is -0.480 e. The van der Waals surface area contributed by atoms with Crippen LogP contribution in [-0.4, -0.2) is 41.1 Å². The SMILES string of the molecule is O=C(O)C1CCCN1C(=O)NCC1(C2CC2)CC1. The number of carbonyl (C=O) groups is 2. The van der Waals surface area contributed by atoms with Crippen LogP contribution in [0.25, 0.3) is 0 Å². The molecular formula is C13H20N2O3. The molecule has 2 amide bonds. The van der Waals surface area contributed by atoms with E-state index in [1.165, 1.54) is 30.6 Å². The highest BCUT2D eigenvalue weighted by Crippen LogP contribution is 2.60. The average Bonchev–Trinajstić information content (AvgIpc) is 3.23. The van der Waals surface area contributed by atoms with E-state index in [0.717, 1.165) is 18.9 Å². The molecule has 18 heavy (non-hydrogen) atoms. The first-order chi connectivity index (χ1) is 8.62. The van der Waals surface area contributed by atoms with Gasteiger partial charge < -0.3 is 15.3 Å². The average molecular weight is 252 g/mol. The molecule has 2 saturated carbocycles. The Kier molecular flexibility index (Phi) is 2.72. The second-order valence-corrected chi connectivity index (χ2v) is 5.99. The third kappa shape index (κ3) is 2.06. The highest BCUT2D eigenvalue weighted by atomic mass is 16.4. The van der Waals surface area contributed by atoms with Crippen LogP contribution in [0, 0.1) is 11.3 Å². The highest BCUT2D eigenvalue weighted by molar-refractivity contribution is 5.83. The predicted octanol–water partition coefficient (Wildman–Crippen LogP) is 1.44. The first-order valence-electron chi connectivity index (χ1n) is 6.90. The summed E-state index contributed by atoms with van der Waals surface area (Å²) in [5.41, 5.74) is 0.369. The van der Waals surface area contributed by atoms with Crippen LogP contribution in [0.1, 0.15) is 38.5 Å². The van der Waals surface area contributed by atoms with Crippen LogP contribution in [0.5, 0.6) is 0 Å². The molecule has 5 heteroatoms. The normalized spacial score (nSPS) is 29.1. The van der Waals surface area contributed by atoms with Crippen LogP contribution in [0.2, 0.25) is 0 Å². The Labute approximate surface area is 107 Å². The van der Waals surface area contributed by atoms with Crippen molar-refractivity contribution in [3.63, 3.8) is 0 Å². The first-order valence-corrected chi connectivity index (χ1v) is 6.90. The van der Waals surface area contributed by atoms with Gasteiger partial charge in [-0.2, -0.15) is 0 Å². The summed E-state index contributed by atoms with van der Waals surface area (Å²) in [5, 5.41) is 12.0. The van der Waals surface area contributed by atoms with Gasteiger partial charge in [0.25, 0.3) is 0 Å². The van der Waals surface area contributed by atoms with Gasteiger partial charge in [-0.1, -0.05) is 0 Å². The van der Waals surface area contributed by atoms with Crippen LogP contribution in [0.3, 0.4) is 0 Å². The summed E-state index contributed by atoms with van der Waals surface area (Å²) in [6, 6.07) is -0.812. The lowest BCUT2D eigenvalue weighted by Gasteiger charge is -2.23. The molecule has 3 rings (SSSR count). The zero-order valence-corrected chi connectivity index (χ0v) is 10.5. The van der Waals surface area contributed by atoms with E-state index in [0.29, 0.717) is 18.4 Å². The molecule has 0 aromatic heterocycles. The van der Waals surface area contributed by atoms with Gasteiger partial charge in [0.15, 0.2) is 0 Å². The van der Waals surface area contributed by atoms with Crippen molar-refractivity contribution >= 4 is 12.0 Å². The summed E-state index contributed by atoms with van der Waals surface area (Å²) in [6.07, 6.45) is 6.42. The number of urea groups is 1. The van der Waals surface area contributed by atoms with Crippen molar-refractivity contribution < 1.29 is 14.7 Å². The smallest absolute Gasteiger partial charge is 0.326 e. The molecule has 1 heterocycles. The van der Waals surface area contributed by atoms with Gasteiger partial charge in [-0.05, 0) is 49.9 Å². The molecule has 1 aliphatic heterocycles. The molecule has 3 aliphatic rings. The molecule has 100 valence electrons. The fourth-order valence-electron chi connectivity index (χ4n) is 3.21. The largest absolute Gasteiger partial charge is 0.480 e. The second kappa shape index (κ2) is 4.14. The van der Waals surface area contributed by atoms with E-state index < -0.39 is 12.0 Å².